The molecule has 2 aliphatic heterocycles. The molecular formula is C16H30N2O3. The van der Waals surface area contributed by atoms with Crippen molar-refractivity contribution in [2.75, 3.05) is 26.3 Å². The first-order valence-corrected chi connectivity index (χ1v) is 8.15. The molecule has 2 fully saturated rings. The van der Waals surface area contributed by atoms with E-state index in [9.17, 15) is 4.79 Å². The minimum atomic E-state index is -0.486. The molecular weight excluding hydrogens is 268 g/mol. The van der Waals surface area contributed by atoms with Crippen molar-refractivity contribution in [1.82, 2.24) is 4.90 Å². The van der Waals surface area contributed by atoms with E-state index < -0.39 is 6.04 Å². The van der Waals surface area contributed by atoms with Gasteiger partial charge in [0, 0.05) is 26.3 Å². The van der Waals surface area contributed by atoms with Crippen LogP contribution in [0.3, 0.4) is 0 Å². The van der Waals surface area contributed by atoms with Crippen molar-refractivity contribution in [2.45, 2.75) is 64.7 Å². The summed E-state index contributed by atoms with van der Waals surface area (Å²) in [4.78, 5) is 14.6. The maximum absolute atomic E-state index is 12.8. The first kappa shape index (κ1) is 16.7. The molecule has 3 atom stereocenters. The van der Waals surface area contributed by atoms with E-state index in [-0.39, 0.29) is 23.5 Å². The lowest BCUT2D eigenvalue weighted by Gasteiger charge is -2.34. The van der Waals surface area contributed by atoms with E-state index in [2.05, 4.69) is 0 Å². The van der Waals surface area contributed by atoms with E-state index in [1.54, 1.807) is 0 Å². The first-order chi connectivity index (χ1) is 9.88. The summed E-state index contributed by atoms with van der Waals surface area (Å²) in [6.45, 7) is 8.91. The van der Waals surface area contributed by atoms with Crippen molar-refractivity contribution in [3.05, 3.63) is 0 Å². The third-order valence-corrected chi connectivity index (χ3v) is 4.41. The molecule has 1 amide bonds. The Hall–Kier alpha value is -0.650. The molecule has 2 heterocycles. The van der Waals surface area contributed by atoms with Gasteiger partial charge in [-0.05, 0) is 31.1 Å². The van der Waals surface area contributed by atoms with E-state index in [1.807, 2.05) is 25.7 Å². The van der Waals surface area contributed by atoms with Gasteiger partial charge in [-0.15, -0.1) is 0 Å². The van der Waals surface area contributed by atoms with Crippen LogP contribution in [-0.4, -0.2) is 55.4 Å². The molecule has 2 aliphatic rings. The molecule has 0 spiro atoms. The number of hydrogen-bond donors (Lipinski definition) is 1. The van der Waals surface area contributed by atoms with Gasteiger partial charge >= 0.3 is 0 Å². The molecule has 2 unspecified atom stereocenters. The minimum Gasteiger partial charge on any atom is -0.376 e. The van der Waals surface area contributed by atoms with Crippen LogP contribution in [0.1, 0.15) is 46.5 Å². The van der Waals surface area contributed by atoms with E-state index >= 15 is 0 Å². The summed E-state index contributed by atoms with van der Waals surface area (Å²) < 4.78 is 11.4. The Morgan fingerprint density at radius 3 is 1.95 bits per heavy atom. The van der Waals surface area contributed by atoms with E-state index in [4.69, 9.17) is 15.2 Å². The highest BCUT2D eigenvalue weighted by Crippen LogP contribution is 2.22. The van der Waals surface area contributed by atoms with Gasteiger partial charge in [0.05, 0.1) is 18.2 Å². The number of nitrogens with two attached hydrogens (primary N) is 1. The molecule has 21 heavy (non-hydrogen) atoms. The molecule has 2 rings (SSSR count). The Labute approximate surface area is 128 Å². The molecule has 0 saturated carbocycles. The monoisotopic (exact) mass is 298 g/mol. The third kappa shape index (κ3) is 4.66. The van der Waals surface area contributed by atoms with Crippen LogP contribution in [-0.2, 0) is 14.3 Å². The van der Waals surface area contributed by atoms with Gasteiger partial charge in [0.25, 0.3) is 0 Å². The number of hydrogen-bond acceptors (Lipinski definition) is 4. The van der Waals surface area contributed by atoms with Gasteiger partial charge in [-0.2, -0.15) is 0 Å². The number of carbonyl (C=O) groups is 1. The van der Waals surface area contributed by atoms with Gasteiger partial charge < -0.3 is 20.1 Å². The lowest BCUT2D eigenvalue weighted by molar-refractivity contribution is -0.138. The molecule has 0 aromatic carbocycles. The topological polar surface area (TPSA) is 64.8 Å². The maximum Gasteiger partial charge on any atom is 0.240 e. The largest absolute Gasteiger partial charge is 0.376 e. The average molecular weight is 298 g/mol. The van der Waals surface area contributed by atoms with Gasteiger partial charge in [0.1, 0.15) is 0 Å². The molecule has 5 nitrogen and oxygen atoms in total. The van der Waals surface area contributed by atoms with Gasteiger partial charge in [-0.1, -0.05) is 20.8 Å². The third-order valence-electron chi connectivity index (χ3n) is 4.41. The second-order valence-electron chi connectivity index (χ2n) is 7.36. The van der Waals surface area contributed by atoms with Crippen LogP contribution in [0.15, 0.2) is 0 Å². The van der Waals surface area contributed by atoms with Gasteiger partial charge in [0.2, 0.25) is 5.91 Å². The Balaban J connectivity index is 2.00. The van der Waals surface area contributed by atoms with Crippen LogP contribution in [0.4, 0.5) is 0 Å². The highest BCUT2D eigenvalue weighted by atomic mass is 16.5. The molecule has 5 heteroatoms. The standard InChI is InChI=1S/C16H30N2O3/c1-16(2,3)14(17)15(19)18(10-12-6-4-8-20-12)11-13-7-5-9-21-13/h12-14H,4-11,17H2,1-3H3/t12?,13?,14-/m1/s1. The molecule has 0 aliphatic carbocycles. The molecule has 0 aromatic heterocycles. The minimum absolute atomic E-state index is 0.0218. The summed E-state index contributed by atoms with van der Waals surface area (Å²) in [6, 6.07) is -0.486. The zero-order chi connectivity index (χ0) is 15.5. The van der Waals surface area contributed by atoms with Crippen molar-refractivity contribution in [1.29, 1.82) is 0 Å². The zero-order valence-corrected chi connectivity index (χ0v) is 13.6. The number of carbonyl (C=O) groups excluding carboxylic acids is 1. The first-order valence-electron chi connectivity index (χ1n) is 8.15. The van der Waals surface area contributed by atoms with Crippen LogP contribution in [0.5, 0.6) is 0 Å². The zero-order valence-electron chi connectivity index (χ0n) is 13.6. The van der Waals surface area contributed by atoms with E-state index in [0.29, 0.717) is 13.1 Å². The van der Waals surface area contributed by atoms with E-state index in [1.165, 1.54) is 0 Å². The van der Waals surface area contributed by atoms with Crippen molar-refractivity contribution in [3.8, 4) is 0 Å². The SMILES string of the molecule is CC(C)(C)[C@H](N)C(=O)N(CC1CCCO1)CC1CCCO1. The van der Waals surface area contributed by atoms with Crippen molar-refractivity contribution < 1.29 is 14.3 Å². The second kappa shape index (κ2) is 7.07. The maximum atomic E-state index is 12.8. The second-order valence-corrected chi connectivity index (χ2v) is 7.36. The fourth-order valence-corrected chi connectivity index (χ4v) is 2.89. The van der Waals surface area contributed by atoms with Crippen LogP contribution < -0.4 is 5.73 Å². The van der Waals surface area contributed by atoms with Crippen molar-refractivity contribution in [3.63, 3.8) is 0 Å². The van der Waals surface area contributed by atoms with Crippen LogP contribution in [0.25, 0.3) is 0 Å². The Morgan fingerprint density at radius 2 is 1.62 bits per heavy atom. The molecule has 2 N–H and O–H groups in total. The van der Waals surface area contributed by atoms with Gasteiger partial charge in [0.15, 0.2) is 0 Å². The molecule has 2 saturated heterocycles. The predicted octanol–water partition coefficient (Wildman–Crippen LogP) is 1.55. The summed E-state index contributed by atoms with van der Waals surface area (Å²) in [7, 11) is 0. The Kier molecular flexibility index (Phi) is 5.63. The molecule has 122 valence electrons. The van der Waals surface area contributed by atoms with Crippen LogP contribution in [0, 0.1) is 5.41 Å². The Bertz CT molecular complexity index is 324. The lowest BCUT2D eigenvalue weighted by Crippen LogP contribution is -2.53. The summed E-state index contributed by atoms with van der Waals surface area (Å²) in [5.41, 5.74) is 5.94. The quantitative estimate of drug-likeness (QED) is 0.836. The number of nitrogens with zero attached hydrogens (tertiary/aromatic N) is 1. The fraction of sp³-hybridized carbons (Fsp3) is 0.938. The summed E-state index contributed by atoms with van der Waals surface area (Å²) in [5, 5.41) is 0. The highest BCUT2D eigenvalue weighted by molar-refractivity contribution is 5.82. The Morgan fingerprint density at radius 1 is 1.14 bits per heavy atom. The number of rotatable bonds is 5. The summed E-state index contributed by atoms with van der Waals surface area (Å²) in [6.07, 6.45) is 4.53. The summed E-state index contributed by atoms with van der Waals surface area (Å²) >= 11 is 0. The normalized spacial score (nSPS) is 27.8. The smallest absolute Gasteiger partial charge is 0.240 e. The highest BCUT2D eigenvalue weighted by Gasteiger charge is 2.34. The lowest BCUT2D eigenvalue weighted by atomic mass is 9.86. The van der Waals surface area contributed by atoms with Gasteiger partial charge in [-0.3, -0.25) is 4.79 Å². The molecule has 0 aromatic rings. The fourth-order valence-electron chi connectivity index (χ4n) is 2.89. The van der Waals surface area contributed by atoms with Gasteiger partial charge in [-0.25, -0.2) is 0 Å². The van der Waals surface area contributed by atoms with Crippen molar-refractivity contribution in [2.24, 2.45) is 11.1 Å². The number of ether oxygens (including phenoxy) is 2. The van der Waals surface area contributed by atoms with Crippen LogP contribution >= 0.6 is 0 Å². The molecule has 0 radical (unpaired) electrons. The average Bonchev–Trinajstić information content (AvgIpc) is 3.08. The van der Waals surface area contributed by atoms with E-state index in [0.717, 1.165) is 38.9 Å². The van der Waals surface area contributed by atoms with Crippen LogP contribution in [0.2, 0.25) is 0 Å². The van der Waals surface area contributed by atoms with Crippen molar-refractivity contribution >= 4 is 5.91 Å². The molecule has 0 bridgehead atoms. The predicted molar refractivity (Wildman–Crippen MR) is 82.0 cm³/mol. The number of amides is 1. The summed E-state index contributed by atoms with van der Waals surface area (Å²) in [5.74, 6) is 0.0218.